The molecule has 2 radical (unpaired) electrons. The van der Waals surface area contributed by atoms with Crippen LogP contribution >= 0.6 is 20.7 Å². The van der Waals surface area contributed by atoms with Crippen LogP contribution in [-0.2, 0) is 19.7 Å². The van der Waals surface area contributed by atoms with Crippen LogP contribution in [0.1, 0.15) is 0 Å². The van der Waals surface area contributed by atoms with E-state index in [0.717, 1.165) is 9.52 Å². The zero-order valence-corrected chi connectivity index (χ0v) is 19.6. The predicted molar refractivity (Wildman–Crippen MR) is 111 cm³/mol. The summed E-state index contributed by atoms with van der Waals surface area (Å²) in [6.45, 7) is 4.31. The van der Waals surface area contributed by atoms with Gasteiger partial charge < -0.3 is 0 Å². The first-order valence-corrected chi connectivity index (χ1v) is 18.3. The molecular weight excluding hydrogens is 475 g/mol. The van der Waals surface area contributed by atoms with Gasteiger partial charge in [-0.3, -0.25) is 0 Å². The Labute approximate surface area is 168 Å². The molecular formula is C20H20BrClSiZr. The van der Waals surface area contributed by atoms with E-state index < -0.39 is 19.7 Å². The van der Waals surface area contributed by atoms with E-state index in [0.29, 0.717) is 0 Å². The minimum Gasteiger partial charge on any atom is -0.168 e. The molecule has 0 aliphatic heterocycles. The molecule has 4 aromatic rings. The van der Waals surface area contributed by atoms with Crippen molar-refractivity contribution in [2.24, 2.45) is 0 Å². The third-order valence-corrected chi connectivity index (χ3v) is 3.10. The van der Waals surface area contributed by atoms with Gasteiger partial charge in [-0.05, 0) is 0 Å². The fourth-order valence-corrected chi connectivity index (χ4v) is 2.14. The Morgan fingerprint density at radius 1 is 0.792 bits per heavy atom. The fraction of sp³-hybridized carbons (Fsp3) is 0.100. The predicted octanol–water partition coefficient (Wildman–Crippen LogP) is 7.44. The van der Waals surface area contributed by atoms with Crippen molar-refractivity contribution in [3.63, 3.8) is 0 Å². The zero-order chi connectivity index (χ0) is 17.6. The molecule has 4 heteroatoms. The van der Waals surface area contributed by atoms with Gasteiger partial charge in [0.1, 0.15) is 0 Å². The van der Waals surface area contributed by atoms with Crippen molar-refractivity contribution >= 4 is 51.8 Å². The average Bonchev–Trinajstić information content (AvgIpc) is 3.26. The van der Waals surface area contributed by atoms with E-state index in [1.54, 1.807) is 0 Å². The first kappa shape index (κ1) is 21.6. The molecule has 0 spiro atoms. The van der Waals surface area contributed by atoms with E-state index >= 15 is 0 Å². The van der Waals surface area contributed by atoms with Crippen molar-refractivity contribution in [3.8, 4) is 0 Å². The van der Waals surface area contributed by atoms with Gasteiger partial charge in [-0.25, -0.2) is 0 Å². The maximum atomic E-state index is 5.09. The summed E-state index contributed by atoms with van der Waals surface area (Å²) in [6, 6.07) is 29.3. The number of hydrogen-bond donors (Lipinski definition) is 0. The summed E-state index contributed by atoms with van der Waals surface area (Å²) in [6.07, 6.45) is 0. The third kappa shape index (κ3) is 8.07. The summed E-state index contributed by atoms with van der Waals surface area (Å²) in [5.41, 5.74) is 0. The molecule has 24 heavy (non-hydrogen) atoms. The van der Waals surface area contributed by atoms with Crippen molar-refractivity contribution in [1.82, 2.24) is 0 Å². The first-order valence-electron chi connectivity index (χ1n) is 7.52. The summed E-state index contributed by atoms with van der Waals surface area (Å²) in [5, 5.41) is 5.32. The van der Waals surface area contributed by atoms with Gasteiger partial charge in [0.2, 0.25) is 0 Å². The summed E-state index contributed by atoms with van der Waals surface area (Å²) in [7, 11) is 6.17. The maximum absolute atomic E-state index is 5.09. The van der Waals surface area contributed by atoms with E-state index in [-0.39, 0.29) is 0 Å². The normalized spacial score (nSPS) is 8.83. The molecule has 0 amide bonds. The number of hydrogen-bond acceptors (Lipinski definition) is 0. The number of halogens is 2. The van der Waals surface area contributed by atoms with Crippen LogP contribution in [0.2, 0.25) is 13.1 Å². The van der Waals surface area contributed by atoms with Crippen molar-refractivity contribution in [2.75, 3.05) is 0 Å². The third-order valence-electron chi connectivity index (χ3n) is 3.10. The topological polar surface area (TPSA) is 0 Å². The molecule has 4 rings (SSSR count). The molecule has 0 bridgehead atoms. The van der Waals surface area contributed by atoms with Gasteiger partial charge in [-0.15, -0.1) is 59.3 Å². The molecule has 0 aliphatic carbocycles. The second-order valence-corrected chi connectivity index (χ2v) is 12.4. The number of fused-ring (bicyclic) bond motifs is 2. The molecule has 0 nitrogen and oxygen atoms in total. The van der Waals surface area contributed by atoms with Crippen molar-refractivity contribution < 1.29 is 19.7 Å². The van der Waals surface area contributed by atoms with E-state index in [2.05, 4.69) is 110 Å². The standard InChI is InChI=1S/2C9H7.C2H6Si.BrH.ClH.Zr/c2*1-2-5-9-7-3-6-8(9)4-1;1-3-2;;;/h2*1-7H;1-2H3;2*1H;/q2*-1;;;;+4/p-2. The molecule has 0 saturated heterocycles. The van der Waals surface area contributed by atoms with Crippen LogP contribution in [0.15, 0.2) is 84.9 Å². The second kappa shape index (κ2) is 13.8. The summed E-state index contributed by atoms with van der Waals surface area (Å²) >= 11 is 2.60. The molecule has 4 aromatic carbocycles. The number of benzene rings is 2. The molecule has 0 N–H and O–H groups in total. The molecule has 0 atom stereocenters. The smallest absolute Gasteiger partial charge is 0.0809 e. The van der Waals surface area contributed by atoms with Gasteiger partial charge >= 0.3 is 40.4 Å². The quantitative estimate of drug-likeness (QED) is 0.176. The van der Waals surface area contributed by atoms with E-state index in [1.165, 1.54) is 21.5 Å². The summed E-state index contributed by atoms with van der Waals surface area (Å²) in [4.78, 5) is 0. The molecule has 0 fully saturated rings. The first-order chi connectivity index (χ1) is 11.8. The van der Waals surface area contributed by atoms with Crippen LogP contribution in [0.5, 0.6) is 0 Å². The monoisotopic (exact) mass is 492 g/mol. The average molecular weight is 495 g/mol. The zero-order valence-electron chi connectivity index (χ0n) is 13.8. The second-order valence-electron chi connectivity index (χ2n) is 4.88. The Hall–Kier alpha value is -0.470. The van der Waals surface area contributed by atoms with Crippen molar-refractivity contribution in [3.05, 3.63) is 84.9 Å². The maximum Gasteiger partial charge on any atom is -0.0809 e. The summed E-state index contributed by atoms with van der Waals surface area (Å²) < 4.78 is 0. The van der Waals surface area contributed by atoms with Gasteiger partial charge in [-0.1, -0.05) is 25.2 Å². The van der Waals surface area contributed by atoms with Crippen LogP contribution in [0.25, 0.3) is 21.5 Å². The number of rotatable bonds is 0. The Morgan fingerprint density at radius 2 is 1.12 bits per heavy atom. The molecule has 122 valence electrons. The Bertz CT molecular complexity index is 666. The van der Waals surface area contributed by atoms with E-state index in [4.69, 9.17) is 8.51 Å². The van der Waals surface area contributed by atoms with E-state index in [9.17, 15) is 0 Å². The Kier molecular flexibility index (Phi) is 12.4. The largest absolute Gasteiger partial charge is 0.168 e. The van der Waals surface area contributed by atoms with Crippen molar-refractivity contribution in [2.45, 2.75) is 13.1 Å². The molecule has 0 unspecified atom stereocenters. The molecule has 0 saturated carbocycles. The fourth-order valence-electron chi connectivity index (χ4n) is 2.14. The van der Waals surface area contributed by atoms with Crippen LogP contribution < -0.4 is 0 Å². The van der Waals surface area contributed by atoms with Gasteiger partial charge in [0, 0.05) is 9.52 Å². The van der Waals surface area contributed by atoms with Crippen LogP contribution in [-0.4, -0.2) is 9.52 Å². The minimum atomic E-state index is -0.485. The molecule has 0 aromatic heterocycles. The molecule has 0 aliphatic rings. The van der Waals surface area contributed by atoms with Crippen molar-refractivity contribution in [1.29, 1.82) is 0 Å². The van der Waals surface area contributed by atoms with Gasteiger partial charge in [0.25, 0.3) is 0 Å². The molecule has 0 heterocycles. The summed E-state index contributed by atoms with van der Waals surface area (Å²) in [5.74, 6) is 0. The van der Waals surface area contributed by atoms with Gasteiger partial charge in [0.05, 0.1) is 0 Å². The SMILES string of the molecule is C[Si]C.[Cl][Zr+2][Br].c1ccc2[cH-]ccc2c1.c1ccc2[cH-]ccc2c1. The van der Waals surface area contributed by atoms with Gasteiger partial charge in [0.15, 0.2) is 0 Å². The van der Waals surface area contributed by atoms with Gasteiger partial charge in [-0.2, -0.15) is 35.0 Å². The Balaban J connectivity index is 0.000000183. The Morgan fingerprint density at radius 3 is 1.46 bits per heavy atom. The minimum absolute atomic E-state index is 0.485. The van der Waals surface area contributed by atoms with Crippen LogP contribution in [0.4, 0.5) is 0 Å². The van der Waals surface area contributed by atoms with Crippen LogP contribution in [0.3, 0.4) is 0 Å². The van der Waals surface area contributed by atoms with Crippen LogP contribution in [0, 0.1) is 0 Å². The van der Waals surface area contributed by atoms with E-state index in [1.807, 2.05) is 0 Å².